The molecule has 1 saturated heterocycles. The van der Waals surface area contributed by atoms with E-state index in [1.807, 2.05) is 45.8 Å². The molecule has 1 aromatic heterocycles. The van der Waals surface area contributed by atoms with Crippen LogP contribution in [-0.4, -0.2) is 64.9 Å². The van der Waals surface area contributed by atoms with Crippen molar-refractivity contribution in [2.45, 2.75) is 39.3 Å². The molecule has 1 N–H and O–H groups in total. The lowest BCUT2D eigenvalue weighted by atomic mass is 9.97. The smallest absolute Gasteiger partial charge is 0.295 e. The highest BCUT2D eigenvalue weighted by atomic mass is 16.5. The van der Waals surface area contributed by atoms with Gasteiger partial charge in [-0.15, -0.1) is 0 Å². The molecule has 3 rings (SSSR count). The molecule has 0 bridgehead atoms. The number of rotatable bonds is 8. The molecule has 0 aliphatic carbocycles. The summed E-state index contributed by atoms with van der Waals surface area (Å²) in [5.74, 6) is -0.795. The first-order valence-electron chi connectivity index (χ1n) is 10.8. The van der Waals surface area contributed by atoms with Crippen LogP contribution in [0.1, 0.15) is 43.1 Å². The summed E-state index contributed by atoms with van der Waals surface area (Å²) in [4.78, 5) is 33.9. The number of likely N-dealkylation sites (tertiary alicyclic amines) is 1. The Morgan fingerprint density at radius 2 is 1.97 bits per heavy atom. The second-order valence-electron chi connectivity index (χ2n) is 8.55. The average Bonchev–Trinajstić information content (AvgIpc) is 2.99. The van der Waals surface area contributed by atoms with E-state index in [0.29, 0.717) is 30.0 Å². The van der Waals surface area contributed by atoms with Gasteiger partial charge in [0.15, 0.2) is 0 Å². The lowest BCUT2D eigenvalue weighted by Gasteiger charge is -2.25. The molecule has 2 aromatic rings. The normalized spacial score (nSPS) is 18.1. The van der Waals surface area contributed by atoms with Gasteiger partial charge in [-0.2, -0.15) is 0 Å². The molecule has 1 aliphatic rings. The van der Waals surface area contributed by atoms with Crippen molar-refractivity contribution in [1.82, 2.24) is 14.8 Å². The van der Waals surface area contributed by atoms with Crippen LogP contribution < -0.4 is 4.74 Å². The molecule has 0 radical (unpaired) electrons. The average molecular weight is 438 g/mol. The Kier molecular flexibility index (Phi) is 7.30. The van der Waals surface area contributed by atoms with E-state index in [1.165, 1.54) is 4.90 Å². The van der Waals surface area contributed by atoms with E-state index in [9.17, 15) is 14.7 Å². The topological polar surface area (TPSA) is 83.0 Å². The number of hydrogen-bond acceptors (Lipinski definition) is 6. The van der Waals surface area contributed by atoms with E-state index >= 15 is 0 Å². The van der Waals surface area contributed by atoms with Crippen molar-refractivity contribution in [3.63, 3.8) is 0 Å². The van der Waals surface area contributed by atoms with Crippen LogP contribution in [0.5, 0.6) is 5.75 Å². The number of aromatic nitrogens is 1. The number of ketones is 1. The Hall–Kier alpha value is -3.19. The van der Waals surface area contributed by atoms with Crippen LogP contribution in [0.25, 0.3) is 5.76 Å². The van der Waals surface area contributed by atoms with Crippen LogP contribution in [0.3, 0.4) is 0 Å². The second kappa shape index (κ2) is 9.96. The van der Waals surface area contributed by atoms with Crippen molar-refractivity contribution in [1.29, 1.82) is 0 Å². The summed E-state index contributed by atoms with van der Waals surface area (Å²) in [5, 5.41) is 11.2. The van der Waals surface area contributed by atoms with Crippen molar-refractivity contribution in [3.05, 3.63) is 65.0 Å². The highest BCUT2D eigenvalue weighted by molar-refractivity contribution is 6.46. The number of ether oxygens (including phenoxy) is 1. The standard InChI is InChI=1S/C25H31N3O4/c1-16(2)32-20-11-10-18(15-17(20)3)23(29)21-22(19-9-6-7-12-26-19)28(25(31)24(21)30)14-8-13-27(4)5/h6-7,9-12,15-16,22,29H,8,13-14H2,1-5H3/b23-21-. The Labute approximate surface area is 189 Å². The van der Waals surface area contributed by atoms with Crippen LogP contribution in [0.2, 0.25) is 0 Å². The maximum Gasteiger partial charge on any atom is 0.295 e. The zero-order valence-electron chi connectivity index (χ0n) is 19.3. The minimum absolute atomic E-state index is 0.0183. The molecule has 170 valence electrons. The summed E-state index contributed by atoms with van der Waals surface area (Å²) in [6.07, 6.45) is 2.34. The van der Waals surface area contributed by atoms with Crippen molar-refractivity contribution < 1.29 is 19.4 Å². The van der Waals surface area contributed by atoms with Gasteiger partial charge in [0.2, 0.25) is 0 Å². The van der Waals surface area contributed by atoms with Gasteiger partial charge >= 0.3 is 0 Å². The quantitative estimate of drug-likeness (QED) is 0.386. The number of carbonyl (C=O) groups is 2. The number of Topliss-reactive ketones (excluding diaryl/α,β-unsaturated/α-hetero) is 1. The zero-order valence-corrected chi connectivity index (χ0v) is 19.3. The van der Waals surface area contributed by atoms with Gasteiger partial charge in [0.1, 0.15) is 17.6 Å². The third kappa shape index (κ3) is 4.99. The summed E-state index contributed by atoms with van der Waals surface area (Å²) in [6.45, 7) is 6.93. The highest BCUT2D eigenvalue weighted by Gasteiger charge is 2.46. The third-order valence-electron chi connectivity index (χ3n) is 5.32. The van der Waals surface area contributed by atoms with E-state index in [1.54, 1.807) is 36.5 Å². The van der Waals surface area contributed by atoms with Crippen LogP contribution in [-0.2, 0) is 9.59 Å². The fraction of sp³-hybridized carbons (Fsp3) is 0.400. The molecule has 1 unspecified atom stereocenters. The number of carbonyl (C=O) groups excluding carboxylic acids is 2. The summed E-state index contributed by atoms with van der Waals surface area (Å²) in [6, 6.07) is 9.87. The molecule has 1 aromatic carbocycles. The van der Waals surface area contributed by atoms with Crippen LogP contribution in [0, 0.1) is 6.92 Å². The molecule has 7 heteroatoms. The number of benzene rings is 1. The zero-order chi connectivity index (χ0) is 23.4. The molecule has 0 spiro atoms. The number of aliphatic hydroxyl groups excluding tert-OH is 1. The first-order valence-corrected chi connectivity index (χ1v) is 10.8. The molecule has 7 nitrogen and oxygen atoms in total. The van der Waals surface area contributed by atoms with Crippen molar-refractivity contribution >= 4 is 17.4 Å². The molecule has 1 aliphatic heterocycles. The SMILES string of the molecule is Cc1cc(/C(O)=C2/C(=O)C(=O)N(CCCN(C)C)C2c2ccccn2)ccc1OC(C)C. The van der Waals surface area contributed by atoms with E-state index in [2.05, 4.69) is 4.98 Å². The van der Waals surface area contributed by atoms with E-state index < -0.39 is 17.7 Å². The molecule has 32 heavy (non-hydrogen) atoms. The minimum Gasteiger partial charge on any atom is -0.507 e. The fourth-order valence-corrected chi connectivity index (χ4v) is 3.85. The summed E-state index contributed by atoms with van der Waals surface area (Å²) < 4.78 is 5.77. The number of hydrogen-bond donors (Lipinski definition) is 1. The Balaban J connectivity index is 2.05. The molecular formula is C25H31N3O4. The molecule has 1 amide bonds. The largest absolute Gasteiger partial charge is 0.507 e. The van der Waals surface area contributed by atoms with E-state index in [-0.39, 0.29) is 17.4 Å². The molecular weight excluding hydrogens is 406 g/mol. The Morgan fingerprint density at radius 3 is 2.56 bits per heavy atom. The lowest BCUT2D eigenvalue weighted by Crippen LogP contribution is -2.32. The molecule has 1 atom stereocenters. The number of pyridine rings is 1. The molecule has 0 saturated carbocycles. The second-order valence-corrected chi connectivity index (χ2v) is 8.55. The molecule has 1 fully saturated rings. The Morgan fingerprint density at radius 1 is 1.22 bits per heavy atom. The number of nitrogens with zero attached hydrogens (tertiary/aromatic N) is 3. The maximum atomic E-state index is 13.0. The van der Waals surface area contributed by atoms with E-state index in [0.717, 1.165) is 12.1 Å². The van der Waals surface area contributed by atoms with Gasteiger partial charge in [0, 0.05) is 18.3 Å². The first kappa shape index (κ1) is 23.5. The summed E-state index contributed by atoms with van der Waals surface area (Å²) in [7, 11) is 3.92. The van der Waals surface area contributed by atoms with Crippen molar-refractivity contribution in [3.8, 4) is 5.75 Å². The van der Waals surface area contributed by atoms with Gasteiger partial charge in [-0.05, 0) is 83.7 Å². The summed E-state index contributed by atoms with van der Waals surface area (Å²) >= 11 is 0. The van der Waals surface area contributed by atoms with Gasteiger partial charge in [-0.3, -0.25) is 14.6 Å². The van der Waals surface area contributed by atoms with Crippen LogP contribution >= 0.6 is 0 Å². The number of amides is 1. The third-order valence-corrected chi connectivity index (χ3v) is 5.32. The highest BCUT2D eigenvalue weighted by Crippen LogP contribution is 2.39. The lowest BCUT2D eigenvalue weighted by molar-refractivity contribution is -0.140. The monoisotopic (exact) mass is 437 g/mol. The van der Waals surface area contributed by atoms with Gasteiger partial charge in [0.05, 0.1) is 17.4 Å². The minimum atomic E-state index is -0.731. The summed E-state index contributed by atoms with van der Waals surface area (Å²) in [5.41, 5.74) is 1.91. The Bertz CT molecular complexity index is 1020. The predicted molar refractivity (Wildman–Crippen MR) is 123 cm³/mol. The molecule has 2 heterocycles. The van der Waals surface area contributed by atoms with Gasteiger partial charge < -0.3 is 19.6 Å². The van der Waals surface area contributed by atoms with Gasteiger partial charge in [-0.1, -0.05) is 6.07 Å². The van der Waals surface area contributed by atoms with Gasteiger partial charge in [-0.25, -0.2) is 0 Å². The number of aryl methyl sites for hydroxylation is 1. The van der Waals surface area contributed by atoms with Gasteiger partial charge in [0.25, 0.3) is 11.7 Å². The first-order chi connectivity index (χ1) is 15.2. The van der Waals surface area contributed by atoms with E-state index in [4.69, 9.17) is 4.74 Å². The van der Waals surface area contributed by atoms with Crippen LogP contribution in [0.15, 0.2) is 48.2 Å². The van der Waals surface area contributed by atoms with Crippen molar-refractivity contribution in [2.24, 2.45) is 0 Å². The fourth-order valence-electron chi connectivity index (χ4n) is 3.85. The number of aliphatic hydroxyl groups is 1. The predicted octanol–water partition coefficient (Wildman–Crippen LogP) is 3.55. The van der Waals surface area contributed by atoms with Crippen molar-refractivity contribution in [2.75, 3.05) is 27.2 Å². The van der Waals surface area contributed by atoms with Crippen LogP contribution in [0.4, 0.5) is 0 Å². The maximum absolute atomic E-state index is 13.0.